The van der Waals surface area contributed by atoms with Crippen molar-refractivity contribution in [1.29, 1.82) is 0 Å². The maximum Gasteiger partial charge on any atom is 0.487 e. The largest absolute Gasteiger partial charge is 0.487 e. The Bertz CT molecular complexity index is 920. The molecule has 2 aromatic rings. The Labute approximate surface area is 187 Å². The Morgan fingerprint density at radius 1 is 1.33 bits per heavy atom. The van der Waals surface area contributed by atoms with Crippen molar-refractivity contribution in [1.82, 2.24) is 0 Å². The Morgan fingerprint density at radius 3 is 2.57 bits per heavy atom. The van der Waals surface area contributed by atoms with E-state index in [1.807, 2.05) is 6.07 Å². The zero-order valence-electron chi connectivity index (χ0n) is 16.7. The second-order valence-electron chi connectivity index (χ2n) is 7.32. The summed E-state index contributed by atoms with van der Waals surface area (Å²) >= 11 is 8.37. The molecule has 0 radical (unpaired) electrons. The van der Waals surface area contributed by atoms with E-state index in [4.69, 9.17) is 16.3 Å². The maximum atomic E-state index is 12.8. The van der Waals surface area contributed by atoms with Gasteiger partial charge in [0.1, 0.15) is 5.75 Å². The van der Waals surface area contributed by atoms with Crippen molar-refractivity contribution in [2.24, 2.45) is 0 Å². The van der Waals surface area contributed by atoms with Crippen LogP contribution in [0.4, 0.5) is 20.2 Å². The van der Waals surface area contributed by atoms with Crippen LogP contribution < -0.4 is 15.0 Å². The van der Waals surface area contributed by atoms with Crippen LogP contribution in [0.2, 0.25) is 0 Å². The molecule has 1 aliphatic heterocycles. The van der Waals surface area contributed by atoms with Gasteiger partial charge < -0.3 is 19.7 Å². The SMILES string of the molecule is COCC1CN(C(C)C)c2c(Br)cc(C(=O)Nc3ccc(OC(F)(F)Cl)cc3)cc21. The molecule has 1 atom stereocenters. The minimum Gasteiger partial charge on any atom is -0.420 e. The molecule has 9 heteroatoms. The number of ether oxygens (including phenoxy) is 2. The number of hydrogen-bond donors (Lipinski definition) is 1. The molecule has 3 rings (SSSR count). The average molecular weight is 504 g/mol. The fourth-order valence-electron chi connectivity index (χ4n) is 3.55. The molecule has 1 heterocycles. The number of nitrogens with zero attached hydrogens (tertiary/aromatic N) is 1. The van der Waals surface area contributed by atoms with Crippen molar-refractivity contribution in [2.75, 3.05) is 30.5 Å². The number of fused-ring (bicyclic) bond motifs is 1. The topological polar surface area (TPSA) is 50.8 Å². The predicted molar refractivity (Wildman–Crippen MR) is 117 cm³/mol. The molecule has 1 aliphatic rings. The monoisotopic (exact) mass is 502 g/mol. The van der Waals surface area contributed by atoms with Gasteiger partial charge in [-0.05, 0) is 71.7 Å². The van der Waals surface area contributed by atoms with Gasteiger partial charge >= 0.3 is 5.57 Å². The molecule has 0 aliphatic carbocycles. The highest BCUT2D eigenvalue weighted by molar-refractivity contribution is 9.10. The third-order valence-electron chi connectivity index (χ3n) is 4.84. The first-order valence-electron chi connectivity index (χ1n) is 9.35. The molecule has 30 heavy (non-hydrogen) atoms. The van der Waals surface area contributed by atoms with E-state index in [0.717, 1.165) is 22.3 Å². The van der Waals surface area contributed by atoms with E-state index in [1.165, 1.54) is 24.3 Å². The lowest BCUT2D eigenvalue weighted by Gasteiger charge is -2.25. The highest BCUT2D eigenvalue weighted by Gasteiger charge is 2.33. The first kappa shape index (κ1) is 22.8. The standard InChI is InChI=1S/C21H22BrClF2N2O3/c1-12(2)27-10-14(11-29-3)17-8-13(9-18(22)19(17)27)20(28)26-15-4-6-16(7-5-15)30-21(23,24)25/h4-9,12,14H,10-11H2,1-3H3,(H,26,28). The molecule has 0 saturated carbocycles. The predicted octanol–water partition coefficient (Wildman–Crippen LogP) is 5.83. The van der Waals surface area contributed by atoms with Gasteiger partial charge in [-0.15, -0.1) is 8.78 Å². The van der Waals surface area contributed by atoms with E-state index in [2.05, 4.69) is 44.7 Å². The summed E-state index contributed by atoms with van der Waals surface area (Å²) in [5.41, 5.74) is -0.728. The van der Waals surface area contributed by atoms with Crippen LogP contribution in [0.15, 0.2) is 40.9 Å². The van der Waals surface area contributed by atoms with Crippen LogP contribution in [0, 0.1) is 0 Å². The van der Waals surface area contributed by atoms with Crippen molar-refractivity contribution in [2.45, 2.75) is 31.4 Å². The third kappa shape index (κ3) is 5.22. The highest BCUT2D eigenvalue weighted by Crippen LogP contribution is 2.43. The molecule has 0 saturated heterocycles. The minimum absolute atomic E-state index is 0.107. The highest BCUT2D eigenvalue weighted by atomic mass is 79.9. The van der Waals surface area contributed by atoms with Crippen LogP contribution in [-0.2, 0) is 4.74 Å². The number of methoxy groups -OCH3 is 1. The van der Waals surface area contributed by atoms with Crippen LogP contribution in [0.1, 0.15) is 35.7 Å². The van der Waals surface area contributed by atoms with Crippen LogP contribution in [0.3, 0.4) is 0 Å². The van der Waals surface area contributed by atoms with E-state index < -0.39 is 5.57 Å². The van der Waals surface area contributed by atoms with E-state index in [-0.39, 0.29) is 17.6 Å². The molecule has 2 aromatic carbocycles. The zero-order valence-corrected chi connectivity index (χ0v) is 19.1. The first-order valence-corrected chi connectivity index (χ1v) is 10.5. The normalized spacial score (nSPS) is 16.0. The summed E-state index contributed by atoms with van der Waals surface area (Å²) in [7, 11) is 1.66. The molecule has 0 aromatic heterocycles. The molecule has 5 nitrogen and oxygen atoms in total. The summed E-state index contributed by atoms with van der Waals surface area (Å²) in [6.07, 6.45) is 0. The number of carbonyl (C=O) groups is 1. The van der Waals surface area contributed by atoms with Gasteiger partial charge in [0.05, 0.1) is 12.3 Å². The second kappa shape index (κ2) is 9.08. The van der Waals surface area contributed by atoms with Crippen LogP contribution in [0.5, 0.6) is 5.75 Å². The van der Waals surface area contributed by atoms with Gasteiger partial charge in [0, 0.05) is 52.9 Å². The lowest BCUT2D eigenvalue weighted by Crippen LogP contribution is -2.30. The van der Waals surface area contributed by atoms with E-state index >= 15 is 0 Å². The number of benzene rings is 2. The summed E-state index contributed by atoms with van der Waals surface area (Å²) in [6, 6.07) is 9.51. The Hall–Kier alpha value is -1.90. The summed E-state index contributed by atoms with van der Waals surface area (Å²) in [4.78, 5) is 15.1. The van der Waals surface area contributed by atoms with Gasteiger partial charge in [0.2, 0.25) is 0 Å². The van der Waals surface area contributed by atoms with Crippen LogP contribution in [0.25, 0.3) is 0 Å². The summed E-state index contributed by atoms with van der Waals surface area (Å²) in [6.45, 7) is 5.62. The molecular weight excluding hydrogens is 482 g/mol. The second-order valence-corrected chi connectivity index (χ2v) is 8.61. The number of nitrogens with one attached hydrogen (secondary N) is 1. The fraction of sp³-hybridized carbons (Fsp3) is 0.381. The van der Waals surface area contributed by atoms with Crippen molar-refractivity contribution in [3.05, 3.63) is 52.0 Å². The van der Waals surface area contributed by atoms with Crippen molar-refractivity contribution in [3.63, 3.8) is 0 Å². The Kier molecular flexibility index (Phi) is 6.89. The van der Waals surface area contributed by atoms with Gasteiger partial charge in [-0.25, -0.2) is 0 Å². The number of anilines is 2. The number of rotatable bonds is 7. The quantitative estimate of drug-likeness (QED) is 0.483. The third-order valence-corrected chi connectivity index (χ3v) is 5.52. The summed E-state index contributed by atoms with van der Waals surface area (Å²) in [5, 5.41) is 2.77. The van der Waals surface area contributed by atoms with Crippen molar-refractivity contribution in [3.8, 4) is 5.75 Å². The summed E-state index contributed by atoms with van der Waals surface area (Å²) < 4.78 is 35.9. The molecule has 1 N–H and O–H groups in total. The molecule has 0 spiro atoms. The number of carbonyl (C=O) groups excluding carboxylic acids is 1. The van der Waals surface area contributed by atoms with Gasteiger partial charge in [0.15, 0.2) is 0 Å². The molecule has 0 fully saturated rings. The van der Waals surface area contributed by atoms with E-state index in [0.29, 0.717) is 23.9 Å². The van der Waals surface area contributed by atoms with E-state index in [1.54, 1.807) is 13.2 Å². The van der Waals surface area contributed by atoms with Gasteiger partial charge in [-0.2, -0.15) is 0 Å². The Balaban J connectivity index is 1.82. The van der Waals surface area contributed by atoms with Gasteiger partial charge in [-0.3, -0.25) is 4.79 Å². The lowest BCUT2D eigenvalue weighted by molar-refractivity contribution is -0.0964. The molecule has 1 amide bonds. The smallest absolute Gasteiger partial charge is 0.420 e. The number of amides is 1. The molecule has 0 bridgehead atoms. The Morgan fingerprint density at radius 2 is 2.00 bits per heavy atom. The maximum absolute atomic E-state index is 12.8. The average Bonchev–Trinajstić information content (AvgIpc) is 3.02. The first-order chi connectivity index (χ1) is 14.1. The zero-order chi connectivity index (χ0) is 22.1. The van der Waals surface area contributed by atoms with Crippen molar-refractivity contribution < 1.29 is 23.0 Å². The number of alkyl halides is 3. The van der Waals surface area contributed by atoms with Crippen LogP contribution in [-0.4, -0.2) is 37.8 Å². The van der Waals surface area contributed by atoms with E-state index in [9.17, 15) is 13.6 Å². The summed E-state index contributed by atoms with van der Waals surface area (Å²) in [5.74, 6) is -0.261. The van der Waals surface area contributed by atoms with Gasteiger partial charge in [0.25, 0.3) is 5.91 Å². The molecule has 1 unspecified atom stereocenters. The number of halogens is 4. The fourth-order valence-corrected chi connectivity index (χ4v) is 4.34. The number of hydrogen-bond acceptors (Lipinski definition) is 4. The molecular formula is C21H22BrClF2N2O3. The molecule has 162 valence electrons. The van der Waals surface area contributed by atoms with Gasteiger partial charge in [-0.1, -0.05) is 0 Å². The lowest BCUT2D eigenvalue weighted by atomic mass is 9.99. The van der Waals surface area contributed by atoms with Crippen molar-refractivity contribution >= 4 is 44.8 Å². The van der Waals surface area contributed by atoms with Crippen LogP contribution >= 0.6 is 27.5 Å². The minimum atomic E-state index is -3.79.